The van der Waals surface area contributed by atoms with Crippen molar-refractivity contribution < 1.29 is 22.9 Å². The van der Waals surface area contributed by atoms with Crippen LogP contribution in [-0.4, -0.2) is 41.9 Å². The number of hydrogen-bond donors (Lipinski definition) is 3. The van der Waals surface area contributed by atoms with Gasteiger partial charge in [0.05, 0.1) is 17.9 Å². The first-order valence-electron chi connectivity index (χ1n) is 19.7. The van der Waals surface area contributed by atoms with Crippen molar-refractivity contribution >= 4 is 16.0 Å². The molecule has 0 aromatic heterocycles. The lowest BCUT2D eigenvalue weighted by Crippen LogP contribution is -2.47. The third-order valence-electron chi connectivity index (χ3n) is 8.85. The molecule has 0 radical (unpaired) electrons. The summed E-state index contributed by atoms with van der Waals surface area (Å²) in [5.41, 5.74) is 0. The van der Waals surface area contributed by atoms with Crippen LogP contribution in [0.5, 0.6) is 0 Å². The standard InChI is InChI=1S/C40H75NO5S/c1-3-5-7-9-11-13-15-16-17-18-19-20-21-22-23-24-26-28-30-32-34-36-40(43)41-38(37-47(44,45)46)39(42)35-33-31-29-27-25-14-12-10-8-6-4-2/h15-16,18-19,21-22,38-39,42H,3-14,17,20,23-37H2,1-2H3,(H,41,43)(H,44,45,46)/b16-15-,19-18-,22-21-. The van der Waals surface area contributed by atoms with Crippen molar-refractivity contribution in [2.24, 2.45) is 0 Å². The molecule has 0 aromatic rings. The Bertz CT molecular complexity index is 883. The van der Waals surface area contributed by atoms with E-state index in [-0.39, 0.29) is 5.91 Å². The molecular weight excluding hydrogens is 607 g/mol. The lowest BCUT2D eigenvalue weighted by atomic mass is 10.0. The number of carbonyl (C=O) groups excluding carboxylic acids is 1. The highest BCUT2D eigenvalue weighted by molar-refractivity contribution is 7.85. The second-order valence-corrected chi connectivity index (χ2v) is 15.1. The van der Waals surface area contributed by atoms with Crippen LogP contribution < -0.4 is 5.32 Å². The molecule has 0 saturated carbocycles. The van der Waals surface area contributed by atoms with Gasteiger partial charge in [0.15, 0.2) is 0 Å². The molecular formula is C40H75NO5S. The van der Waals surface area contributed by atoms with Crippen molar-refractivity contribution in [2.75, 3.05) is 5.75 Å². The van der Waals surface area contributed by atoms with E-state index >= 15 is 0 Å². The molecule has 0 rings (SSSR count). The maximum Gasteiger partial charge on any atom is 0.266 e. The molecule has 0 bridgehead atoms. The van der Waals surface area contributed by atoms with Gasteiger partial charge in [0.1, 0.15) is 0 Å². The molecule has 0 aliphatic carbocycles. The van der Waals surface area contributed by atoms with Crippen molar-refractivity contribution in [3.8, 4) is 0 Å². The number of rotatable bonds is 35. The molecule has 0 aliphatic rings. The lowest BCUT2D eigenvalue weighted by Gasteiger charge is -2.23. The molecule has 1 amide bonds. The summed E-state index contributed by atoms with van der Waals surface area (Å²) >= 11 is 0. The molecule has 6 nitrogen and oxygen atoms in total. The van der Waals surface area contributed by atoms with E-state index in [9.17, 15) is 22.9 Å². The van der Waals surface area contributed by atoms with Gasteiger partial charge in [-0.3, -0.25) is 9.35 Å². The van der Waals surface area contributed by atoms with Crippen LogP contribution in [0.15, 0.2) is 36.5 Å². The predicted octanol–water partition coefficient (Wildman–Crippen LogP) is 11.4. The minimum atomic E-state index is -4.31. The maximum absolute atomic E-state index is 12.5. The van der Waals surface area contributed by atoms with Gasteiger partial charge in [-0.25, -0.2) is 0 Å². The Kier molecular flexibility index (Phi) is 33.4. The van der Waals surface area contributed by atoms with E-state index < -0.39 is 28.0 Å². The minimum Gasteiger partial charge on any atom is -0.391 e. The number of carbonyl (C=O) groups is 1. The smallest absolute Gasteiger partial charge is 0.266 e. The van der Waals surface area contributed by atoms with Crippen LogP contribution >= 0.6 is 0 Å². The first kappa shape index (κ1) is 45.6. The van der Waals surface area contributed by atoms with E-state index in [4.69, 9.17) is 0 Å². The van der Waals surface area contributed by atoms with Crippen LogP contribution in [0.1, 0.15) is 194 Å². The Morgan fingerprint density at radius 2 is 0.957 bits per heavy atom. The zero-order chi connectivity index (χ0) is 34.7. The predicted molar refractivity (Wildman–Crippen MR) is 202 cm³/mol. The molecule has 0 spiro atoms. The third-order valence-corrected chi connectivity index (χ3v) is 9.63. The number of unbranched alkanes of at least 4 members (excludes halogenated alkanes) is 21. The summed E-state index contributed by atoms with van der Waals surface area (Å²) in [6, 6.07) is -0.976. The van der Waals surface area contributed by atoms with Gasteiger partial charge >= 0.3 is 0 Å². The fourth-order valence-electron chi connectivity index (χ4n) is 5.87. The molecule has 0 aromatic carbocycles. The highest BCUT2D eigenvalue weighted by Gasteiger charge is 2.26. The van der Waals surface area contributed by atoms with Gasteiger partial charge in [-0.1, -0.05) is 172 Å². The highest BCUT2D eigenvalue weighted by Crippen LogP contribution is 2.15. The summed E-state index contributed by atoms with van der Waals surface area (Å²) < 4.78 is 32.4. The number of aliphatic hydroxyl groups excluding tert-OH is 1. The number of amides is 1. The zero-order valence-electron chi connectivity index (χ0n) is 30.7. The van der Waals surface area contributed by atoms with Crippen molar-refractivity contribution in [1.82, 2.24) is 5.32 Å². The van der Waals surface area contributed by atoms with Crippen LogP contribution in [-0.2, 0) is 14.9 Å². The average Bonchev–Trinajstić information content (AvgIpc) is 3.03. The molecule has 0 heterocycles. The Morgan fingerprint density at radius 3 is 1.40 bits per heavy atom. The number of hydrogen-bond acceptors (Lipinski definition) is 4. The second kappa shape index (κ2) is 34.4. The Morgan fingerprint density at radius 1 is 0.574 bits per heavy atom. The largest absolute Gasteiger partial charge is 0.391 e. The van der Waals surface area contributed by atoms with E-state index in [1.807, 2.05) is 0 Å². The van der Waals surface area contributed by atoms with Crippen molar-refractivity contribution in [1.29, 1.82) is 0 Å². The Hall–Kier alpha value is -1.44. The third kappa shape index (κ3) is 35.7. The van der Waals surface area contributed by atoms with E-state index in [1.165, 1.54) is 103 Å². The monoisotopic (exact) mass is 682 g/mol. The minimum absolute atomic E-state index is 0.260. The van der Waals surface area contributed by atoms with E-state index in [0.717, 1.165) is 64.2 Å². The van der Waals surface area contributed by atoms with Gasteiger partial charge in [-0.15, -0.1) is 0 Å². The quantitative estimate of drug-likeness (QED) is 0.0351. The fraction of sp³-hybridized carbons (Fsp3) is 0.825. The van der Waals surface area contributed by atoms with Gasteiger partial charge in [0.2, 0.25) is 5.91 Å². The summed E-state index contributed by atoms with van der Waals surface area (Å²) in [7, 11) is -4.31. The van der Waals surface area contributed by atoms with Crippen LogP contribution in [0.2, 0.25) is 0 Å². The normalized spacial score (nSPS) is 13.7. The fourth-order valence-corrected chi connectivity index (χ4v) is 6.63. The van der Waals surface area contributed by atoms with Crippen LogP contribution in [0.4, 0.5) is 0 Å². The first-order valence-corrected chi connectivity index (χ1v) is 21.3. The summed E-state index contributed by atoms with van der Waals surface area (Å²) in [4.78, 5) is 12.5. The molecule has 0 fully saturated rings. The SMILES string of the molecule is CCCCCCC/C=C\C/C=C\C/C=C\CCCCCCCCC(=O)NC(CS(=O)(=O)O)C(O)CCCCCCCCCCCCC. The van der Waals surface area contributed by atoms with Gasteiger partial charge in [0, 0.05) is 6.42 Å². The topological polar surface area (TPSA) is 104 Å². The van der Waals surface area contributed by atoms with Crippen LogP contribution in [0.25, 0.3) is 0 Å². The zero-order valence-corrected chi connectivity index (χ0v) is 31.5. The molecule has 0 aliphatic heterocycles. The Labute approximate surface area is 291 Å². The number of aliphatic hydroxyl groups is 1. The van der Waals surface area contributed by atoms with Crippen LogP contribution in [0.3, 0.4) is 0 Å². The van der Waals surface area contributed by atoms with Crippen molar-refractivity contribution in [3.05, 3.63) is 36.5 Å². The number of allylic oxidation sites excluding steroid dienone is 6. The highest BCUT2D eigenvalue weighted by atomic mass is 32.2. The molecule has 47 heavy (non-hydrogen) atoms. The van der Waals surface area contributed by atoms with Crippen molar-refractivity contribution in [3.63, 3.8) is 0 Å². The lowest BCUT2D eigenvalue weighted by molar-refractivity contribution is -0.122. The van der Waals surface area contributed by atoms with Gasteiger partial charge in [-0.05, 0) is 51.4 Å². The van der Waals surface area contributed by atoms with E-state index in [0.29, 0.717) is 12.8 Å². The van der Waals surface area contributed by atoms with E-state index in [2.05, 4.69) is 55.6 Å². The van der Waals surface area contributed by atoms with E-state index in [1.54, 1.807) is 0 Å². The van der Waals surface area contributed by atoms with Gasteiger partial charge in [-0.2, -0.15) is 8.42 Å². The molecule has 2 atom stereocenters. The summed E-state index contributed by atoms with van der Waals surface area (Å²) in [6.07, 6.45) is 43.8. The summed E-state index contributed by atoms with van der Waals surface area (Å²) in [6.45, 7) is 4.49. The summed E-state index contributed by atoms with van der Waals surface area (Å²) in [5, 5.41) is 13.3. The molecule has 3 N–H and O–H groups in total. The molecule has 0 saturated heterocycles. The van der Waals surface area contributed by atoms with Gasteiger partial charge in [0.25, 0.3) is 10.1 Å². The average molecular weight is 682 g/mol. The molecule has 276 valence electrons. The molecule has 7 heteroatoms. The Balaban J connectivity index is 3.90. The first-order chi connectivity index (χ1) is 22.8. The second-order valence-electron chi connectivity index (χ2n) is 13.6. The maximum atomic E-state index is 12.5. The summed E-state index contributed by atoms with van der Waals surface area (Å²) in [5.74, 6) is -0.913. The van der Waals surface area contributed by atoms with Crippen LogP contribution in [0, 0.1) is 0 Å². The number of nitrogens with one attached hydrogen (secondary N) is 1. The van der Waals surface area contributed by atoms with Gasteiger partial charge < -0.3 is 10.4 Å². The van der Waals surface area contributed by atoms with Crippen molar-refractivity contribution in [2.45, 2.75) is 206 Å². The molecule has 2 unspecified atom stereocenters.